The Kier molecular flexibility index (Phi) is 5.18. The van der Waals surface area contributed by atoms with E-state index in [9.17, 15) is 9.59 Å². The number of nitrogens with one attached hydrogen (secondary N) is 2. The molecule has 192 valence electrons. The molecule has 36 heavy (non-hydrogen) atoms. The molecule has 8 saturated carbocycles. The van der Waals surface area contributed by atoms with E-state index < -0.39 is 0 Å². The van der Waals surface area contributed by atoms with Crippen molar-refractivity contribution in [2.75, 3.05) is 0 Å². The first kappa shape index (κ1) is 22.8. The predicted octanol–water partition coefficient (Wildman–Crippen LogP) is 6.20. The topological polar surface area (TPSA) is 58.2 Å². The molecule has 1 aromatic carbocycles. The third-order valence-corrected chi connectivity index (χ3v) is 14.0. The number of hydrogen-bond acceptors (Lipinski definition) is 4. The Labute approximate surface area is 223 Å². The van der Waals surface area contributed by atoms with Crippen LogP contribution in [0.1, 0.15) is 77.0 Å². The monoisotopic (exact) mass is 522 g/mol. The van der Waals surface area contributed by atoms with Gasteiger partial charge in [-0.05, 0) is 125 Å². The van der Waals surface area contributed by atoms with E-state index in [2.05, 4.69) is 34.9 Å². The lowest BCUT2D eigenvalue weighted by molar-refractivity contribution is -0.148. The molecule has 1 aliphatic heterocycles. The number of carbonyl (C=O) groups excluding carboxylic acids is 2. The van der Waals surface area contributed by atoms with Gasteiger partial charge in [0.05, 0.1) is 0 Å². The minimum Gasteiger partial charge on any atom is -0.341 e. The Hall–Kier alpha value is -1.14. The smallest absolute Gasteiger partial charge is 0.227 e. The SMILES string of the molecule is O=C(NC1Sc2ccccc2SC1NC(=O)C12CC3CC(CC(C3)C1)C2)C12CC3CC(CC(C3)C1)C2. The number of thioether (sulfide) groups is 2. The molecule has 8 bridgehead atoms. The van der Waals surface area contributed by atoms with Crippen LogP contribution in [0.2, 0.25) is 0 Å². The van der Waals surface area contributed by atoms with E-state index >= 15 is 0 Å². The van der Waals surface area contributed by atoms with Crippen LogP contribution in [0, 0.1) is 46.3 Å². The molecule has 0 spiro atoms. The molecule has 8 aliphatic carbocycles. The van der Waals surface area contributed by atoms with Crippen LogP contribution in [-0.2, 0) is 9.59 Å². The van der Waals surface area contributed by atoms with Crippen molar-refractivity contribution in [1.29, 1.82) is 0 Å². The normalized spacial score (nSPS) is 47.4. The van der Waals surface area contributed by atoms with Gasteiger partial charge in [0.2, 0.25) is 11.8 Å². The summed E-state index contributed by atoms with van der Waals surface area (Å²) in [6, 6.07) is 8.49. The van der Waals surface area contributed by atoms with Gasteiger partial charge in [-0.15, -0.1) is 0 Å². The van der Waals surface area contributed by atoms with Crippen molar-refractivity contribution in [1.82, 2.24) is 10.6 Å². The van der Waals surface area contributed by atoms with Gasteiger partial charge in [0, 0.05) is 20.6 Å². The van der Waals surface area contributed by atoms with E-state index in [-0.39, 0.29) is 33.4 Å². The van der Waals surface area contributed by atoms with E-state index in [1.807, 2.05) is 0 Å². The minimum absolute atomic E-state index is 0.122. The van der Waals surface area contributed by atoms with Crippen LogP contribution in [0.25, 0.3) is 0 Å². The fourth-order valence-electron chi connectivity index (χ4n) is 10.6. The molecule has 4 nitrogen and oxygen atoms in total. The lowest BCUT2D eigenvalue weighted by Crippen LogP contribution is -2.60. The van der Waals surface area contributed by atoms with Gasteiger partial charge in [-0.25, -0.2) is 0 Å². The van der Waals surface area contributed by atoms with Gasteiger partial charge < -0.3 is 10.6 Å². The third kappa shape index (κ3) is 3.63. The van der Waals surface area contributed by atoms with Gasteiger partial charge >= 0.3 is 0 Å². The molecular weight excluding hydrogens is 484 g/mol. The third-order valence-electron chi connectivity index (χ3n) is 11.2. The van der Waals surface area contributed by atoms with Crippen LogP contribution in [-0.4, -0.2) is 22.6 Å². The molecule has 10 rings (SSSR count). The highest BCUT2D eigenvalue weighted by atomic mass is 32.2. The second kappa shape index (κ2) is 8.18. The molecule has 0 saturated heterocycles. The summed E-state index contributed by atoms with van der Waals surface area (Å²) in [6.07, 6.45) is 14.5. The Morgan fingerprint density at radius 1 is 0.583 bits per heavy atom. The van der Waals surface area contributed by atoms with Crippen molar-refractivity contribution in [3.63, 3.8) is 0 Å². The molecule has 2 amide bonds. The molecule has 2 N–H and O–H groups in total. The highest BCUT2D eigenvalue weighted by molar-refractivity contribution is 8.06. The quantitative estimate of drug-likeness (QED) is 0.494. The lowest BCUT2D eigenvalue weighted by atomic mass is 9.49. The zero-order chi connectivity index (χ0) is 24.1. The minimum atomic E-state index is -0.161. The summed E-state index contributed by atoms with van der Waals surface area (Å²) in [5.41, 5.74) is -0.323. The van der Waals surface area contributed by atoms with Crippen molar-refractivity contribution in [3.05, 3.63) is 24.3 Å². The maximum absolute atomic E-state index is 14.0. The fourth-order valence-corrected chi connectivity index (χ4v) is 13.2. The van der Waals surface area contributed by atoms with Crippen LogP contribution in [0.4, 0.5) is 0 Å². The van der Waals surface area contributed by atoms with Crippen molar-refractivity contribution in [2.24, 2.45) is 46.3 Å². The molecule has 0 radical (unpaired) electrons. The van der Waals surface area contributed by atoms with Gasteiger partial charge in [-0.1, -0.05) is 35.7 Å². The van der Waals surface area contributed by atoms with E-state index in [4.69, 9.17) is 0 Å². The summed E-state index contributed by atoms with van der Waals surface area (Å²) < 4.78 is 0. The van der Waals surface area contributed by atoms with Crippen LogP contribution < -0.4 is 10.6 Å². The maximum atomic E-state index is 14.0. The molecule has 6 heteroatoms. The highest BCUT2D eigenvalue weighted by Crippen LogP contribution is 2.61. The van der Waals surface area contributed by atoms with Gasteiger partial charge in [0.25, 0.3) is 0 Å². The zero-order valence-electron chi connectivity index (χ0n) is 21.0. The van der Waals surface area contributed by atoms with Gasteiger partial charge in [0.15, 0.2) is 0 Å². The van der Waals surface area contributed by atoms with Crippen LogP contribution >= 0.6 is 23.5 Å². The summed E-state index contributed by atoms with van der Waals surface area (Å²) in [5, 5.41) is 6.83. The Morgan fingerprint density at radius 3 is 1.19 bits per heavy atom. The number of hydrogen-bond donors (Lipinski definition) is 2. The first-order valence-electron chi connectivity index (χ1n) is 14.5. The highest BCUT2D eigenvalue weighted by Gasteiger charge is 2.57. The van der Waals surface area contributed by atoms with E-state index in [0.717, 1.165) is 74.0 Å². The molecule has 2 atom stereocenters. The second-order valence-electron chi connectivity index (χ2n) is 13.9. The van der Waals surface area contributed by atoms with Gasteiger partial charge in [-0.3, -0.25) is 9.59 Å². The molecule has 0 aromatic heterocycles. The Morgan fingerprint density at radius 2 is 0.889 bits per heavy atom. The van der Waals surface area contributed by atoms with Crippen molar-refractivity contribution in [3.8, 4) is 0 Å². The second-order valence-corrected chi connectivity index (χ2v) is 16.2. The van der Waals surface area contributed by atoms with E-state index in [0.29, 0.717) is 0 Å². The van der Waals surface area contributed by atoms with Gasteiger partial charge in [0.1, 0.15) is 10.7 Å². The first-order chi connectivity index (χ1) is 17.5. The summed E-state index contributed by atoms with van der Waals surface area (Å²) in [4.78, 5) is 30.4. The number of fused-ring (bicyclic) bond motifs is 1. The van der Waals surface area contributed by atoms with Crippen molar-refractivity contribution < 1.29 is 9.59 Å². The Balaban J connectivity index is 1.04. The summed E-state index contributed by atoms with van der Waals surface area (Å²) in [6.45, 7) is 0. The maximum Gasteiger partial charge on any atom is 0.227 e. The molecular formula is C30H38N2O2S2. The zero-order valence-corrected chi connectivity index (χ0v) is 22.7. The summed E-state index contributed by atoms with van der Waals surface area (Å²) in [5.74, 6) is 5.06. The lowest BCUT2D eigenvalue weighted by Gasteiger charge is -2.56. The number of amides is 2. The number of carbonyl (C=O) groups is 2. The average Bonchev–Trinajstić information content (AvgIpc) is 2.82. The van der Waals surface area contributed by atoms with Crippen LogP contribution in [0.15, 0.2) is 34.1 Å². The molecule has 8 fully saturated rings. The van der Waals surface area contributed by atoms with E-state index in [1.54, 1.807) is 23.5 Å². The molecule has 2 unspecified atom stereocenters. The van der Waals surface area contributed by atoms with Crippen molar-refractivity contribution >= 4 is 35.3 Å². The average molecular weight is 523 g/mol. The van der Waals surface area contributed by atoms with Crippen molar-refractivity contribution in [2.45, 2.75) is 97.6 Å². The van der Waals surface area contributed by atoms with Crippen LogP contribution in [0.3, 0.4) is 0 Å². The van der Waals surface area contributed by atoms with Crippen LogP contribution in [0.5, 0.6) is 0 Å². The summed E-state index contributed by atoms with van der Waals surface area (Å²) in [7, 11) is 0. The largest absolute Gasteiger partial charge is 0.341 e. The molecule has 1 aromatic rings. The van der Waals surface area contributed by atoms with Gasteiger partial charge in [-0.2, -0.15) is 0 Å². The first-order valence-corrected chi connectivity index (χ1v) is 16.3. The molecule has 9 aliphatic rings. The van der Waals surface area contributed by atoms with E-state index in [1.165, 1.54) is 48.3 Å². The summed E-state index contributed by atoms with van der Waals surface area (Å²) >= 11 is 3.50. The molecule has 1 heterocycles. The standard InChI is InChI=1S/C30H38N2O2S2/c33-27(29-11-17-5-18(12-29)7-19(6-17)13-29)31-25-26(36-24-4-2-1-3-23(24)35-25)32-28(34)30-14-20-8-21(15-30)10-22(9-20)16-30/h1-4,17-22,25-26H,5-16H2,(H,31,33)(H,32,34). The Bertz CT molecular complexity index is 947. The predicted molar refractivity (Wildman–Crippen MR) is 143 cm³/mol. The fraction of sp³-hybridized carbons (Fsp3) is 0.733. The number of rotatable bonds is 4. The number of benzene rings is 1.